The van der Waals surface area contributed by atoms with Gasteiger partial charge in [0.05, 0.1) is 35.6 Å². The number of aromatic nitrogens is 1. The van der Waals surface area contributed by atoms with Gasteiger partial charge in [0, 0.05) is 11.8 Å². The molecule has 7 heteroatoms. The maximum absolute atomic E-state index is 13.6. The van der Waals surface area contributed by atoms with E-state index in [-0.39, 0.29) is 41.4 Å². The summed E-state index contributed by atoms with van der Waals surface area (Å²) in [5, 5.41) is 10.4. The fraction of sp³-hybridized carbons (Fsp3) is 0.0714. The summed E-state index contributed by atoms with van der Waals surface area (Å²) in [6.45, 7) is 0.265. The van der Waals surface area contributed by atoms with Gasteiger partial charge in [0.15, 0.2) is 0 Å². The van der Waals surface area contributed by atoms with Crippen molar-refractivity contribution in [3.63, 3.8) is 0 Å². The predicted octanol–water partition coefficient (Wildman–Crippen LogP) is 4.43. The number of para-hydroxylation sites is 2. The summed E-state index contributed by atoms with van der Waals surface area (Å²) >= 11 is 0. The van der Waals surface area contributed by atoms with Gasteiger partial charge in [-0.25, -0.2) is 0 Å². The number of aromatic hydroxyl groups is 1. The van der Waals surface area contributed by atoms with Gasteiger partial charge in [-0.3, -0.25) is 29.2 Å². The quantitative estimate of drug-likeness (QED) is 0.427. The van der Waals surface area contributed by atoms with Gasteiger partial charge in [0.1, 0.15) is 5.75 Å². The van der Waals surface area contributed by atoms with Gasteiger partial charge in [-0.1, -0.05) is 48.5 Å². The van der Waals surface area contributed by atoms with Crippen LogP contribution in [0.3, 0.4) is 0 Å². The van der Waals surface area contributed by atoms with Crippen molar-refractivity contribution < 1.29 is 19.5 Å². The van der Waals surface area contributed by atoms with Crippen molar-refractivity contribution in [3.8, 4) is 5.75 Å². The molecule has 0 atom stereocenters. The second-order valence-electron chi connectivity index (χ2n) is 8.14. The molecular formula is C28H21N3O4. The topological polar surface area (TPSA) is 90.8 Å². The average Bonchev–Trinajstić information content (AvgIpc) is 3.13. The smallest absolute Gasteiger partial charge is 0.261 e. The SMILES string of the molecule is O=C1c2ccc(C(=O)N(Cc3ccccn3)c3ccccc3O)cc2C(=O)N1Cc1ccccc1. The van der Waals surface area contributed by atoms with Crippen molar-refractivity contribution in [1.29, 1.82) is 0 Å². The lowest BCUT2D eigenvalue weighted by atomic mass is 10.0. The second kappa shape index (κ2) is 9.23. The van der Waals surface area contributed by atoms with Crippen molar-refractivity contribution >= 4 is 23.4 Å². The number of imide groups is 1. The Bertz CT molecular complexity index is 1420. The summed E-state index contributed by atoms with van der Waals surface area (Å²) in [5.74, 6) is -1.32. The molecule has 1 aliphatic rings. The van der Waals surface area contributed by atoms with E-state index in [4.69, 9.17) is 0 Å². The number of anilines is 1. The highest BCUT2D eigenvalue weighted by Crippen LogP contribution is 2.31. The van der Waals surface area contributed by atoms with E-state index in [0.29, 0.717) is 11.4 Å². The molecule has 7 nitrogen and oxygen atoms in total. The minimum Gasteiger partial charge on any atom is -0.506 e. The maximum Gasteiger partial charge on any atom is 0.261 e. The summed E-state index contributed by atoms with van der Waals surface area (Å²) in [6.07, 6.45) is 1.63. The minimum atomic E-state index is -0.442. The Hall–Kier alpha value is -4.78. The molecule has 0 fully saturated rings. The molecule has 1 aromatic heterocycles. The first kappa shape index (κ1) is 22.0. The normalized spacial score (nSPS) is 12.5. The van der Waals surface area contributed by atoms with Crippen LogP contribution in [0.5, 0.6) is 5.75 Å². The van der Waals surface area contributed by atoms with Crippen LogP contribution in [0.15, 0.2) is 97.2 Å². The van der Waals surface area contributed by atoms with Crippen molar-refractivity contribution in [2.45, 2.75) is 13.1 Å². The van der Waals surface area contributed by atoms with Gasteiger partial charge in [0.2, 0.25) is 0 Å². The first-order chi connectivity index (χ1) is 17.0. The van der Waals surface area contributed by atoms with Crippen molar-refractivity contribution in [1.82, 2.24) is 9.88 Å². The molecule has 0 saturated heterocycles. The van der Waals surface area contributed by atoms with Crippen molar-refractivity contribution in [2.24, 2.45) is 0 Å². The van der Waals surface area contributed by atoms with Gasteiger partial charge in [-0.05, 0) is 48.0 Å². The number of carbonyl (C=O) groups excluding carboxylic acids is 3. The molecular weight excluding hydrogens is 442 g/mol. The molecule has 2 heterocycles. The van der Waals surface area contributed by atoms with Crippen LogP contribution in [0.25, 0.3) is 0 Å². The van der Waals surface area contributed by atoms with E-state index in [1.807, 2.05) is 36.4 Å². The van der Waals surface area contributed by atoms with Crippen LogP contribution in [0.1, 0.15) is 42.3 Å². The number of benzene rings is 3. The van der Waals surface area contributed by atoms with E-state index in [1.54, 1.807) is 36.5 Å². The lowest BCUT2D eigenvalue weighted by Crippen LogP contribution is -2.31. The Labute approximate surface area is 201 Å². The van der Waals surface area contributed by atoms with E-state index in [2.05, 4.69) is 4.98 Å². The van der Waals surface area contributed by atoms with E-state index in [0.717, 1.165) is 5.56 Å². The van der Waals surface area contributed by atoms with Gasteiger partial charge in [-0.15, -0.1) is 0 Å². The number of fused-ring (bicyclic) bond motifs is 1. The number of phenols is 1. The van der Waals surface area contributed by atoms with Gasteiger partial charge >= 0.3 is 0 Å². The Morgan fingerprint density at radius 1 is 0.829 bits per heavy atom. The number of carbonyl (C=O) groups is 3. The molecule has 0 unspecified atom stereocenters. The number of amides is 3. The third kappa shape index (κ3) is 4.27. The lowest BCUT2D eigenvalue weighted by molar-refractivity contribution is 0.0642. The third-order valence-corrected chi connectivity index (χ3v) is 5.87. The summed E-state index contributed by atoms with van der Waals surface area (Å²) in [5.41, 5.74) is 2.46. The molecule has 172 valence electrons. The number of phenolic OH excluding ortho intramolecular Hbond substituents is 1. The summed E-state index contributed by atoms with van der Waals surface area (Å²) in [6, 6.07) is 25.7. The largest absolute Gasteiger partial charge is 0.506 e. The summed E-state index contributed by atoms with van der Waals surface area (Å²) in [7, 11) is 0. The average molecular weight is 463 g/mol. The number of hydrogen-bond donors (Lipinski definition) is 1. The number of hydrogen-bond acceptors (Lipinski definition) is 5. The Morgan fingerprint density at radius 2 is 1.54 bits per heavy atom. The molecule has 5 rings (SSSR count). The highest BCUT2D eigenvalue weighted by atomic mass is 16.3. The summed E-state index contributed by atoms with van der Waals surface area (Å²) < 4.78 is 0. The van der Waals surface area contributed by atoms with Gasteiger partial charge in [-0.2, -0.15) is 0 Å². The molecule has 35 heavy (non-hydrogen) atoms. The Kier molecular flexibility index (Phi) is 5.81. The highest BCUT2D eigenvalue weighted by molar-refractivity contribution is 6.22. The highest BCUT2D eigenvalue weighted by Gasteiger charge is 2.36. The molecule has 0 radical (unpaired) electrons. The molecule has 3 amide bonds. The fourth-order valence-electron chi connectivity index (χ4n) is 4.10. The van der Waals surface area contributed by atoms with Crippen LogP contribution in [0.2, 0.25) is 0 Å². The van der Waals surface area contributed by atoms with Crippen LogP contribution in [-0.4, -0.2) is 32.7 Å². The molecule has 4 aromatic rings. The van der Waals surface area contributed by atoms with Crippen molar-refractivity contribution in [3.05, 3.63) is 125 Å². The zero-order valence-electron chi connectivity index (χ0n) is 18.7. The van der Waals surface area contributed by atoms with Crippen LogP contribution in [0, 0.1) is 0 Å². The molecule has 0 saturated carbocycles. The standard InChI is InChI=1S/C28H21N3O4/c32-25-12-5-4-11-24(25)30(18-21-10-6-7-15-29-21)26(33)20-13-14-22-23(16-20)28(35)31(27(22)34)17-19-8-2-1-3-9-19/h1-16,32H,17-18H2. The van der Waals surface area contributed by atoms with E-state index in [1.165, 1.54) is 34.1 Å². The predicted molar refractivity (Wildman–Crippen MR) is 130 cm³/mol. The van der Waals surface area contributed by atoms with Gasteiger partial charge in [0.25, 0.3) is 17.7 Å². The Morgan fingerprint density at radius 3 is 2.29 bits per heavy atom. The molecule has 1 aliphatic heterocycles. The van der Waals surface area contributed by atoms with E-state index >= 15 is 0 Å². The second-order valence-corrected chi connectivity index (χ2v) is 8.14. The van der Waals surface area contributed by atoms with Crippen molar-refractivity contribution in [2.75, 3.05) is 4.90 Å². The third-order valence-electron chi connectivity index (χ3n) is 5.87. The zero-order valence-corrected chi connectivity index (χ0v) is 18.7. The molecule has 0 aliphatic carbocycles. The fourth-order valence-corrected chi connectivity index (χ4v) is 4.10. The van der Waals surface area contributed by atoms with E-state index < -0.39 is 11.8 Å². The minimum absolute atomic E-state index is 0.0572. The van der Waals surface area contributed by atoms with Crippen LogP contribution in [0.4, 0.5) is 5.69 Å². The number of nitrogens with zero attached hydrogens (tertiary/aromatic N) is 3. The van der Waals surface area contributed by atoms with Crippen LogP contribution in [-0.2, 0) is 13.1 Å². The molecule has 3 aromatic carbocycles. The lowest BCUT2D eigenvalue weighted by Gasteiger charge is -2.23. The first-order valence-corrected chi connectivity index (χ1v) is 11.1. The van der Waals surface area contributed by atoms with E-state index in [9.17, 15) is 19.5 Å². The molecule has 0 bridgehead atoms. The maximum atomic E-state index is 13.6. The number of pyridine rings is 1. The summed E-state index contributed by atoms with van der Waals surface area (Å²) in [4.78, 5) is 46.5. The van der Waals surface area contributed by atoms with Crippen LogP contribution >= 0.6 is 0 Å². The first-order valence-electron chi connectivity index (χ1n) is 11.1. The van der Waals surface area contributed by atoms with Gasteiger partial charge < -0.3 is 5.11 Å². The Balaban J connectivity index is 1.48. The molecule has 1 N–H and O–H groups in total. The molecule has 0 spiro atoms. The monoisotopic (exact) mass is 463 g/mol. The van der Waals surface area contributed by atoms with Crippen LogP contribution < -0.4 is 4.90 Å². The zero-order chi connectivity index (χ0) is 24.4. The number of rotatable bonds is 6.